The van der Waals surface area contributed by atoms with Crippen molar-refractivity contribution in [2.75, 3.05) is 31.3 Å². The number of anilines is 2. The number of nitrogens with one attached hydrogen (secondary N) is 2. The van der Waals surface area contributed by atoms with E-state index in [-0.39, 0.29) is 100 Å². The molecule has 0 fully saturated rings. The van der Waals surface area contributed by atoms with Crippen LogP contribution in [0.5, 0.6) is 0 Å². The first-order chi connectivity index (χ1) is 49.4. The fourth-order valence-corrected chi connectivity index (χ4v) is 14.2. The van der Waals surface area contributed by atoms with Gasteiger partial charge in [0.05, 0.1) is 46.9 Å². The number of carboxylic acids is 2. The van der Waals surface area contributed by atoms with Gasteiger partial charge in [-0.15, -0.1) is 0 Å². The third kappa shape index (κ3) is 21.8. The minimum Gasteiger partial charge on any atom is -0.550 e. The molecule has 0 radical (unpaired) electrons. The van der Waals surface area contributed by atoms with Crippen molar-refractivity contribution < 1.29 is 58.6 Å². The Morgan fingerprint density at radius 2 is 0.894 bits per heavy atom. The van der Waals surface area contributed by atoms with Crippen LogP contribution in [0.15, 0.2) is 228 Å². The van der Waals surface area contributed by atoms with E-state index in [0.29, 0.717) is 56.1 Å². The zero-order valence-electron chi connectivity index (χ0n) is 59.1. The Balaban J connectivity index is 0.000000206. The molecule has 0 aliphatic carbocycles. The van der Waals surface area contributed by atoms with Gasteiger partial charge in [-0.3, -0.25) is 9.59 Å². The molecule has 1 aliphatic rings. The molecule has 1 aliphatic heterocycles. The first-order valence-electron chi connectivity index (χ1n) is 34.4. The molecule has 0 bridgehead atoms. The van der Waals surface area contributed by atoms with Crippen LogP contribution in [-0.4, -0.2) is 141 Å². The first kappa shape index (κ1) is 81.2. The van der Waals surface area contributed by atoms with Gasteiger partial charge in [0.1, 0.15) is 11.6 Å². The topological polar surface area (TPSA) is 232 Å². The van der Waals surface area contributed by atoms with Crippen LogP contribution < -0.4 is 20.8 Å². The Kier molecular flexibility index (Phi) is 30.5. The number of aliphatic carboxylic acids is 2. The number of carboxylic acid groups (broad SMARTS) is 2. The Morgan fingerprint density at radius 1 is 0.510 bits per heavy atom. The Hall–Kier alpha value is -8.50. The molecule has 3 heterocycles. The number of amides is 2. The number of nitrogens with zero attached hydrogens (tertiary/aromatic N) is 3. The largest absolute Gasteiger partial charge is 2.00 e. The van der Waals surface area contributed by atoms with Gasteiger partial charge >= 0.3 is 37.7 Å². The maximum absolute atomic E-state index is 14.0. The molecule has 0 saturated heterocycles. The summed E-state index contributed by atoms with van der Waals surface area (Å²) >= 11 is 8.03. The fraction of sp³-hybridized carbons (Fsp3) is 0.262. The van der Waals surface area contributed by atoms with Crippen molar-refractivity contribution in [3.05, 3.63) is 269 Å². The van der Waals surface area contributed by atoms with Crippen LogP contribution in [0.4, 0.5) is 20.2 Å². The maximum atomic E-state index is 14.0. The van der Waals surface area contributed by atoms with Gasteiger partial charge in [-0.25, -0.2) is 8.78 Å². The van der Waals surface area contributed by atoms with Crippen LogP contribution in [0.1, 0.15) is 128 Å². The van der Waals surface area contributed by atoms with Crippen molar-refractivity contribution in [3.8, 4) is 44.8 Å². The third-order valence-corrected chi connectivity index (χ3v) is 18.8. The summed E-state index contributed by atoms with van der Waals surface area (Å²) in [6.07, 6.45) is -2.16. The molecule has 0 spiro atoms. The SMILES string of the molecule is CC(C)c1c(C(=O)Nc2ccccc2)c(-c2ccccc2)c(-c2ccc(F)cc2)n1CC[C@@H](O)C[C@@H](O)CC(=O)[O-].CC(C)c1c(C(=O)Nc2ccccc2)c(-c2ccccc2)c(-c2ccc(F)cc2)n1CC[C@@H](O)C[C@@H](O)CC(=O)[O-].CN(C)CC/C=C1/c2ccccc2Sc2ccc(Cl)cc21.[Ca+2]. The van der Waals surface area contributed by atoms with Gasteiger partial charge in [-0.1, -0.05) is 172 Å². The van der Waals surface area contributed by atoms with Gasteiger partial charge in [0.15, 0.2) is 0 Å². The Morgan fingerprint density at radius 3 is 1.29 bits per heavy atom. The monoisotopic (exact) mass is 1470 g/mol. The molecule has 10 aromatic rings. The average molecular weight is 1470 g/mol. The number of aliphatic hydroxyl groups excluding tert-OH is 4. The van der Waals surface area contributed by atoms with Crippen LogP contribution in [0.2, 0.25) is 5.02 Å². The molecule has 0 saturated carbocycles. The maximum Gasteiger partial charge on any atom is 2.00 e. The van der Waals surface area contributed by atoms with Gasteiger partial charge < -0.3 is 64.9 Å². The van der Waals surface area contributed by atoms with E-state index in [0.717, 1.165) is 40.5 Å². The minimum atomic E-state index is -1.39. The molecule has 15 nitrogen and oxygen atoms in total. The molecule has 20 heteroatoms. The van der Waals surface area contributed by atoms with Crippen LogP contribution in [0.3, 0.4) is 0 Å². The minimum absolute atomic E-state index is 0. The molecule has 4 atom stereocenters. The van der Waals surface area contributed by atoms with Crippen LogP contribution in [0.25, 0.3) is 50.3 Å². The smallest absolute Gasteiger partial charge is 0.550 e. The number of aromatic nitrogens is 2. The van der Waals surface area contributed by atoms with E-state index in [1.54, 1.807) is 48.5 Å². The summed E-state index contributed by atoms with van der Waals surface area (Å²) in [6.45, 7) is 9.50. The number of rotatable bonds is 27. The predicted molar refractivity (Wildman–Crippen MR) is 407 cm³/mol. The van der Waals surface area contributed by atoms with E-state index in [1.807, 2.05) is 152 Å². The summed E-state index contributed by atoms with van der Waals surface area (Å²) < 4.78 is 32.0. The molecule has 104 heavy (non-hydrogen) atoms. The molecular weight excluding hydrogens is 1380 g/mol. The zero-order valence-corrected chi connectivity index (χ0v) is 62.9. The summed E-state index contributed by atoms with van der Waals surface area (Å²) in [6, 6.07) is 64.2. The van der Waals surface area contributed by atoms with Crippen molar-refractivity contribution in [2.24, 2.45) is 0 Å². The number of carbonyl (C=O) groups excluding carboxylic acids is 4. The van der Waals surface area contributed by atoms with Crippen molar-refractivity contribution >= 4 is 102 Å². The number of aliphatic hydroxyl groups is 4. The molecule has 0 unspecified atom stereocenters. The molecule has 8 aromatic carbocycles. The standard InChI is InChI=1S/2C33H35FN2O5.C18H18ClNS.Ca/c2*1-21(2)31-30(33(41)35-25-11-7-4-8-12-25)29(22-9-5-3-6-10-22)32(23-13-15-24(34)16-14-23)36(31)18-17-26(37)19-27(38)20-28(39)40;1-20(2)11-5-7-14-15-6-3-4-8-17(15)21-18-10-9-13(19)12-16(14)18;/h2*3-16,21,26-27,37-38H,17-20H2,1-2H3,(H,35,41)(H,39,40);3-4,6-10,12H,5,11H2,1-2H3;/q;;;+2/p-2/b;;14-7-;/t2*26-,27-;;/m11../s1. The van der Waals surface area contributed by atoms with E-state index in [2.05, 4.69) is 72.1 Å². The van der Waals surface area contributed by atoms with Gasteiger partial charge in [-0.2, -0.15) is 0 Å². The van der Waals surface area contributed by atoms with Crippen molar-refractivity contribution in [2.45, 2.75) is 132 Å². The van der Waals surface area contributed by atoms with Gasteiger partial charge in [0.2, 0.25) is 0 Å². The summed E-state index contributed by atoms with van der Waals surface area (Å²) in [4.78, 5) is 54.6. The van der Waals surface area contributed by atoms with E-state index >= 15 is 0 Å². The number of benzene rings is 8. The van der Waals surface area contributed by atoms with Crippen molar-refractivity contribution in [3.63, 3.8) is 0 Å². The second-order valence-electron chi connectivity index (χ2n) is 26.2. The molecule has 2 aromatic heterocycles. The molecule has 11 rings (SSSR count). The fourth-order valence-electron chi connectivity index (χ4n) is 12.9. The number of para-hydroxylation sites is 2. The van der Waals surface area contributed by atoms with Crippen LogP contribution in [0, 0.1) is 11.6 Å². The first-order valence-corrected chi connectivity index (χ1v) is 35.6. The normalized spacial score (nSPS) is 13.1. The summed E-state index contributed by atoms with van der Waals surface area (Å²) in [7, 11) is 4.21. The second-order valence-corrected chi connectivity index (χ2v) is 27.8. The molecule has 6 N–H and O–H groups in total. The quantitative estimate of drug-likeness (QED) is 0.0264. The number of carbonyl (C=O) groups is 4. The van der Waals surface area contributed by atoms with E-state index < -0.39 is 60.8 Å². The van der Waals surface area contributed by atoms with Crippen LogP contribution >= 0.6 is 23.4 Å². The summed E-state index contributed by atoms with van der Waals surface area (Å²) in [5.41, 5.74) is 13.3. The average Bonchev–Trinajstić information content (AvgIpc) is 1.60. The second kappa shape index (κ2) is 39.0. The molecular formula is C84H86CaClF2N5O10S. The van der Waals surface area contributed by atoms with Gasteiger partial charge in [0.25, 0.3) is 11.8 Å². The van der Waals surface area contributed by atoms with Crippen LogP contribution in [-0.2, 0) is 22.7 Å². The van der Waals surface area contributed by atoms with Crippen molar-refractivity contribution in [1.82, 2.24) is 14.0 Å². The third-order valence-electron chi connectivity index (χ3n) is 17.4. The zero-order chi connectivity index (χ0) is 73.9. The van der Waals surface area contributed by atoms with Crippen molar-refractivity contribution in [1.29, 1.82) is 0 Å². The van der Waals surface area contributed by atoms with Gasteiger partial charge in [0, 0.05) is 93.1 Å². The Bertz CT molecular complexity index is 4300. The molecule has 2 amide bonds. The summed E-state index contributed by atoms with van der Waals surface area (Å²) in [5, 5.41) is 70.0. The van der Waals surface area contributed by atoms with E-state index in [4.69, 9.17) is 11.6 Å². The van der Waals surface area contributed by atoms with E-state index in [1.165, 1.54) is 50.8 Å². The predicted octanol–water partition coefficient (Wildman–Crippen LogP) is 14.8. The summed E-state index contributed by atoms with van der Waals surface area (Å²) in [5.74, 6) is -4.41. The number of halogens is 3. The number of hydrogen-bond acceptors (Lipinski definition) is 12. The number of hydrogen-bond donors (Lipinski definition) is 6. The number of fused-ring (bicyclic) bond motifs is 2. The van der Waals surface area contributed by atoms with Gasteiger partial charge in [-0.05, 0) is 194 Å². The van der Waals surface area contributed by atoms with E-state index in [9.17, 15) is 58.6 Å². The Labute approximate surface area is 645 Å². The molecule has 536 valence electrons.